The van der Waals surface area contributed by atoms with E-state index in [2.05, 4.69) is 44.2 Å². The second kappa shape index (κ2) is 7.38. The Labute approximate surface area is 134 Å². The summed E-state index contributed by atoms with van der Waals surface area (Å²) in [5, 5.41) is 6.31. The van der Waals surface area contributed by atoms with Gasteiger partial charge in [-0.05, 0) is 79.7 Å². The van der Waals surface area contributed by atoms with Crippen LogP contribution >= 0.6 is 22.6 Å². The highest BCUT2D eigenvalue weighted by atomic mass is 127. The largest absolute Gasteiger partial charge is 0.325 e. The van der Waals surface area contributed by atoms with Crippen LogP contribution in [0.4, 0.5) is 5.69 Å². The minimum Gasteiger partial charge on any atom is -0.325 e. The molecule has 2 rings (SSSR count). The van der Waals surface area contributed by atoms with Crippen LogP contribution in [0.1, 0.15) is 18.4 Å². The summed E-state index contributed by atoms with van der Waals surface area (Å²) in [6.45, 7) is 4.46. The van der Waals surface area contributed by atoms with E-state index in [1.165, 1.54) is 9.99 Å². The fourth-order valence-corrected chi connectivity index (χ4v) is 3.24. The van der Waals surface area contributed by atoms with Crippen molar-refractivity contribution >= 4 is 34.2 Å². The lowest BCUT2D eigenvalue weighted by Crippen LogP contribution is -2.46. The zero-order chi connectivity index (χ0) is 14.5. The zero-order valence-corrected chi connectivity index (χ0v) is 14.2. The summed E-state index contributed by atoms with van der Waals surface area (Å²) in [6.07, 6.45) is 2.35. The lowest BCUT2D eigenvalue weighted by molar-refractivity contribution is -0.117. The first-order valence-electron chi connectivity index (χ1n) is 7.04. The Balaban J connectivity index is 1.88. The molecule has 0 aliphatic carbocycles. The number of amides is 1. The number of carbonyl (C=O) groups excluding carboxylic acids is 1. The maximum Gasteiger partial charge on any atom is 0.238 e. The number of hydrogen-bond donors (Lipinski definition) is 2. The molecule has 1 unspecified atom stereocenters. The summed E-state index contributed by atoms with van der Waals surface area (Å²) >= 11 is 2.28. The third kappa shape index (κ3) is 4.43. The average Bonchev–Trinajstić information content (AvgIpc) is 2.42. The van der Waals surface area contributed by atoms with E-state index >= 15 is 0 Å². The van der Waals surface area contributed by atoms with Gasteiger partial charge in [0.2, 0.25) is 5.91 Å². The van der Waals surface area contributed by atoms with E-state index < -0.39 is 0 Å². The van der Waals surface area contributed by atoms with Gasteiger partial charge in [-0.2, -0.15) is 0 Å². The van der Waals surface area contributed by atoms with Crippen molar-refractivity contribution in [2.45, 2.75) is 25.8 Å². The van der Waals surface area contributed by atoms with Gasteiger partial charge in [-0.25, -0.2) is 0 Å². The minimum absolute atomic E-state index is 0.0751. The number of rotatable bonds is 4. The molecule has 20 heavy (non-hydrogen) atoms. The quantitative estimate of drug-likeness (QED) is 0.779. The summed E-state index contributed by atoms with van der Waals surface area (Å²) in [4.78, 5) is 14.4. The van der Waals surface area contributed by atoms with Crippen molar-refractivity contribution in [2.24, 2.45) is 0 Å². The third-order valence-corrected chi connectivity index (χ3v) is 4.41. The van der Waals surface area contributed by atoms with E-state index in [0.29, 0.717) is 12.6 Å². The van der Waals surface area contributed by atoms with Crippen molar-refractivity contribution < 1.29 is 4.79 Å². The first-order chi connectivity index (χ1) is 9.58. The van der Waals surface area contributed by atoms with Gasteiger partial charge < -0.3 is 10.6 Å². The zero-order valence-electron chi connectivity index (χ0n) is 12.1. The van der Waals surface area contributed by atoms with Crippen LogP contribution in [0.2, 0.25) is 0 Å². The monoisotopic (exact) mass is 387 g/mol. The minimum atomic E-state index is 0.0751. The van der Waals surface area contributed by atoms with E-state index in [9.17, 15) is 4.79 Å². The summed E-state index contributed by atoms with van der Waals surface area (Å²) in [5.41, 5.74) is 2.02. The number of nitrogens with zero attached hydrogens (tertiary/aromatic N) is 1. The maximum absolute atomic E-state index is 12.1. The Morgan fingerprint density at radius 3 is 3.00 bits per heavy atom. The van der Waals surface area contributed by atoms with Crippen molar-refractivity contribution in [3.05, 3.63) is 27.3 Å². The Bertz CT molecular complexity index is 478. The highest BCUT2D eigenvalue weighted by molar-refractivity contribution is 14.1. The number of benzene rings is 1. The second-order valence-electron chi connectivity index (χ2n) is 5.37. The summed E-state index contributed by atoms with van der Waals surface area (Å²) < 4.78 is 1.19. The van der Waals surface area contributed by atoms with Gasteiger partial charge in [0, 0.05) is 21.8 Å². The maximum atomic E-state index is 12.1. The van der Waals surface area contributed by atoms with Gasteiger partial charge in [0.05, 0.1) is 6.54 Å². The second-order valence-corrected chi connectivity index (χ2v) is 6.62. The van der Waals surface area contributed by atoms with E-state index in [4.69, 9.17) is 0 Å². The predicted octanol–water partition coefficient (Wildman–Crippen LogP) is 2.22. The highest BCUT2D eigenvalue weighted by Gasteiger charge is 2.20. The normalized spacial score (nSPS) is 19.9. The van der Waals surface area contributed by atoms with Crippen molar-refractivity contribution in [3.8, 4) is 0 Å². The average molecular weight is 387 g/mol. The Kier molecular flexibility index (Phi) is 5.80. The number of aryl methyl sites for hydroxylation is 1. The van der Waals surface area contributed by atoms with Gasteiger partial charge >= 0.3 is 0 Å². The SMILES string of the molecule is CNC1CCCN(CC(=O)Nc2ccc(I)cc2C)C1. The van der Waals surface area contributed by atoms with Gasteiger partial charge in [-0.1, -0.05) is 0 Å². The van der Waals surface area contributed by atoms with Gasteiger partial charge in [-0.15, -0.1) is 0 Å². The molecule has 1 fully saturated rings. The molecule has 5 heteroatoms. The van der Waals surface area contributed by atoms with Gasteiger partial charge in [0.25, 0.3) is 0 Å². The fraction of sp³-hybridized carbons (Fsp3) is 0.533. The molecular weight excluding hydrogens is 365 g/mol. The molecule has 0 saturated carbocycles. The number of likely N-dealkylation sites (tertiary alicyclic amines) is 1. The molecule has 4 nitrogen and oxygen atoms in total. The Hall–Kier alpha value is -0.660. The first-order valence-corrected chi connectivity index (χ1v) is 8.12. The number of nitrogens with one attached hydrogen (secondary N) is 2. The van der Waals surface area contributed by atoms with Crippen LogP contribution in [0, 0.1) is 10.5 Å². The van der Waals surface area contributed by atoms with E-state index in [-0.39, 0.29) is 5.91 Å². The van der Waals surface area contributed by atoms with Crippen LogP contribution in [-0.4, -0.2) is 43.5 Å². The van der Waals surface area contributed by atoms with Crippen molar-refractivity contribution in [3.63, 3.8) is 0 Å². The molecule has 1 aromatic carbocycles. The molecular formula is C15H22IN3O. The van der Waals surface area contributed by atoms with E-state index in [1.807, 2.05) is 26.1 Å². The van der Waals surface area contributed by atoms with Crippen LogP contribution in [0.3, 0.4) is 0 Å². The smallest absolute Gasteiger partial charge is 0.238 e. The van der Waals surface area contributed by atoms with Crippen LogP contribution in [-0.2, 0) is 4.79 Å². The molecule has 1 atom stereocenters. The van der Waals surface area contributed by atoms with Crippen LogP contribution in [0.25, 0.3) is 0 Å². The Morgan fingerprint density at radius 2 is 2.30 bits per heavy atom. The lowest BCUT2D eigenvalue weighted by Gasteiger charge is -2.31. The first kappa shape index (κ1) is 15.7. The topological polar surface area (TPSA) is 44.4 Å². The molecule has 0 radical (unpaired) electrons. The number of piperidine rings is 1. The van der Waals surface area contributed by atoms with Crippen LogP contribution in [0.5, 0.6) is 0 Å². The van der Waals surface area contributed by atoms with Crippen LogP contribution in [0.15, 0.2) is 18.2 Å². The number of hydrogen-bond acceptors (Lipinski definition) is 3. The molecule has 0 aromatic heterocycles. The van der Waals surface area contributed by atoms with Crippen LogP contribution < -0.4 is 10.6 Å². The van der Waals surface area contributed by atoms with Gasteiger partial charge in [-0.3, -0.25) is 9.69 Å². The lowest BCUT2D eigenvalue weighted by atomic mass is 10.1. The van der Waals surface area contributed by atoms with Crippen molar-refractivity contribution in [1.29, 1.82) is 0 Å². The van der Waals surface area contributed by atoms with Gasteiger partial charge in [0.1, 0.15) is 0 Å². The standard InChI is InChI=1S/C15H22IN3O/c1-11-8-12(16)5-6-14(11)18-15(20)10-19-7-3-4-13(9-19)17-2/h5-6,8,13,17H,3-4,7,9-10H2,1-2H3,(H,18,20). The third-order valence-electron chi connectivity index (χ3n) is 3.74. The summed E-state index contributed by atoms with van der Waals surface area (Å²) in [5.74, 6) is 0.0751. The number of anilines is 1. The summed E-state index contributed by atoms with van der Waals surface area (Å²) in [6, 6.07) is 6.58. The molecule has 1 aromatic rings. The number of halogens is 1. The molecule has 0 spiro atoms. The van der Waals surface area contributed by atoms with Gasteiger partial charge in [0.15, 0.2) is 0 Å². The van der Waals surface area contributed by atoms with Crippen molar-refractivity contribution in [1.82, 2.24) is 10.2 Å². The number of likely N-dealkylation sites (N-methyl/N-ethyl adjacent to an activating group) is 1. The molecule has 1 aliphatic heterocycles. The highest BCUT2D eigenvalue weighted by Crippen LogP contribution is 2.18. The summed E-state index contributed by atoms with van der Waals surface area (Å²) in [7, 11) is 1.99. The molecule has 1 aliphatic rings. The molecule has 1 amide bonds. The van der Waals surface area contributed by atoms with E-state index in [0.717, 1.165) is 30.8 Å². The number of carbonyl (C=O) groups is 1. The van der Waals surface area contributed by atoms with E-state index in [1.54, 1.807) is 0 Å². The molecule has 2 N–H and O–H groups in total. The molecule has 0 bridgehead atoms. The molecule has 110 valence electrons. The predicted molar refractivity (Wildman–Crippen MR) is 91.0 cm³/mol. The molecule has 1 saturated heterocycles. The Morgan fingerprint density at radius 1 is 1.50 bits per heavy atom. The van der Waals surface area contributed by atoms with Crippen molar-refractivity contribution in [2.75, 3.05) is 32.0 Å². The fourth-order valence-electron chi connectivity index (χ4n) is 2.59. The molecule has 1 heterocycles.